The number of amides is 1. The van der Waals surface area contributed by atoms with Crippen LogP contribution < -0.4 is 15.6 Å². The lowest BCUT2D eigenvalue weighted by molar-refractivity contribution is -0.136. The molecule has 0 saturated carbocycles. The summed E-state index contributed by atoms with van der Waals surface area (Å²) in [4.78, 5) is 25.7. The van der Waals surface area contributed by atoms with Gasteiger partial charge in [-0.15, -0.1) is 0 Å². The number of halogens is 3. The number of nitrogens with zero attached hydrogens (tertiary/aromatic N) is 3. The molecule has 1 amide bonds. The van der Waals surface area contributed by atoms with E-state index in [0.29, 0.717) is 29.8 Å². The Bertz CT molecular complexity index is 1440. The summed E-state index contributed by atoms with van der Waals surface area (Å²) in [5.74, 6) is 0.0512. The third-order valence-electron chi connectivity index (χ3n) is 5.43. The first-order chi connectivity index (χ1) is 16.6. The van der Waals surface area contributed by atoms with Gasteiger partial charge in [0.15, 0.2) is 0 Å². The molecule has 0 atom stereocenters. The van der Waals surface area contributed by atoms with E-state index in [1.54, 1.807) is 48.5 Å². The van der Waals surface area contributed by atoms with Gasteiger partial charge in [-0.1, -0.05) is 17.7 Å². The molecule has 4 rings (SSSR count). The topological polar surface area (TPSA) is 78.2 Å². The fourth-order valence-electron chi connectivity index (χ4n) is 3.85. The zero-order chi connectivity index (χ0) is 25.3. The van der Waals surface area contributed by atoms with Crippen molar-refractivity contribution in [1.29, 1.82) is 0 Å². The normalized spacial score (nSPS) is 11.6. The number of benzene rings is 2. The van der Waals surface area contributed by atoms with E-state index in [0.717, 1.165) is 10.1 Å². The number of carbonyl (C=O) groups excluding carboxylic acids is 1. The first kappa shape index (κ1) is 24.1. The number of rotatable bonds is 6. The second-order valence-corrected chi connectivity index (χ2v) is 8.02. The molecular weight excluding hydrogens is 461 g/mol. The number of hydrogen-bond donors (Lipinski definition) is 1. The van der Waals surface area contributed by atoms with Crippen LogP contribution in [0.5, 0.6) is 5.75 Å². The van der Waals surface area contributed by atoms with Crippen molar-refractivity contribution in [1.82, 2.24) is 14.3 Å². The smallest absolute Gasteiger partial charge is 0.417 e. The lowest BCUT2D eigenvalue weighted by Gasteiger charge is -2.15. The van der Waals surface area contributed by atoms with Crippen LogP contribution in [0.15, 0.2) is 59.4 Å². The number of ether oxygens (including phenoxy) is 1. The lowest BCUT2D eigenvalue weighted by atomic mass is 10.1. The molecule has 0 spiro atoms. The molecular formula is C25H23F3N4O3. The molecule has 1 N–H and O–H groups in total. The Morgan fingerprint density at radius 3 is 2.31 bits per heavy atom. The molecule has 35 heavy (non-hydrogen) atoms. The van der Waals surface area contributed by atoms with E-state index in [4.69, 9.17) is 4.74 Å². The molecule has 2 heterocycles. The standard InChI is InChI=1S/C25H23F3N4O3/c1-4-35-19-11-7-17(8-12-19)29-21(33)14-31-22(34)13-20(25(26,27)28)23-16(3)30-32(24(23)31)18-9-5-15(2)6-10-18/h5-13H,4,14H2,1-3H3,(H,29,33). The first-order valence-corrected chi connectivity index (χ1v) is 10.9. The molecule has 0 aliphatic rings. The summed E-state index contributed by atoms with van der Waals surface area (Å²) in [5, 5.41) is 6.73. The molecule has 182 valence electrons. The van der Waals surface area contributed by atoms with Gasteiger partial charge in [0.1, 0.15) is 17.9 Å². The lowest BCUT2D eigenvalue weighted by Crippen LogP contribution is -2.30. The fraction of sp³-hybridized carbons (Fsp3) is 0.240. The number of hydrogen-bond acceptors (Lipinski definition) is 4. The minimum Gasteiger partial charge on any atom is -0.494 e. The SMILES string of the molecule is CCOc1ccc(NC(=O)Cn2c(=O)cc(C(F)(F)F)c3c(C)nn(-c4ccc(C)cc4)c32)cc1. The maximum absolute atomic E-state index is 13.8. The molecule has 0 aliphatic carbocycles. The molecule has 0 bridgehead atoms. The molecule has 0 aliphatic heterocycles. The quantitative estimate of drug-likeness (QED) is 0.424. The number of alkyl halides is 3. The van der Waals surface area contributed by atoms with Crippen LogP contribution in [0.2, 0.25) is 0 Å². The monoisotopic (exact) mass is 484 g/mol. The van der Waals surface area contributed by atoms with E-state index >= 15 is 0 Å². The Balaban J connectivity index is 1.80. The number of aromatic nitrogens is 3. The Kier molecular flexibility index (Phi) is 6.38. The van der Waals surface area contributed by atoms with E-state index in [1.165, 1.54) is 11.6 Å². The zero-order valence-corrected chi connectivity index (χ0v) is 19.3. The number of anilines is 1. The highest BCUT2D eigenvalue weighted by Gasteiger charge is 2.36. The van der Waals surface area contributed by atoms with Crippen molar-refractivity contribution in [2.24, 2.45) is 0 Å². The molecule has 2 aromatic carbocycles. The summed E-state index contributed by atoms with van der Waals surface area (Å²) in [6.07, 6.45) is -4.77. The molecule has 7 nitrogen and oxygen atoms in total. The third-order valence-corrected chi connectivity index (χ3v) is 5.43. The van der Waals surface area contributed by atoms with Crippen molar-refractivity contribution in [2.45, 2.75) is 33.5 Å². The number of nitrogens with one attached hydrogen (secondary N) is 1. The summed E-state index contributed by atoms with van der Waals surface area (Å²) < 4.78 is 49.2. The van der Waals surface area contributed by atoms with Gasteiger partial charge >= 0.3 is 6.18 Å². The maximum Gasteiger partial charge on any atom is 0.417 e. The molecule has 0 fully saturated rings. The van der Waals surface area contributed by atoms with Crippen LogP contribution in [-0.2, 0) is 17.5 Å². The summed E-state index contributed by atoms with van der Waals surface area (Å²) in [7, 11) is 0. The third kappa shape index (κ3) is 4.91. The largest absolute Gasteiger partial charge is 0.494 e. The van der Waals surface area contributed by atoms with Gasteiger partial charge in [0, 0.05) is 11.8 Å². The average Bonchev–Trinajstić information content (AvgIpc) is 3.14. The fourth-order valence-corrected chi connectivity index (χ4v) is 3.85. The van der Waals surface area contributed by atoms with Crippen LogP contribution in [0.1, 0.15) is 23.7 Å². The van der Waals surface area contributed by atoms with E-state index in [2.05, 4.69) is 10.4 Å². The molecule has 0 radical (unpaired) electrons. The summed E-state index contributed by atoms with van der Waals surface area (Å²) in [5.41, 5.74) is -0.186. The number of aryl methyl sites for hydroxylation is 2. The Labute approximate surface area is 198 Å². The van der Waals surface area contributed by atoms with Crippen molar-refractivity contribution in [2.75, 3.05) is 11.9 Å². The van der Waals surface area contributed by atoms with Gasteiger partial charge in [-0.3, -0.25) is 14.2 Å². The second-order valence-electron chi connectivity index (χ2n) is 8.02. The van der Waals surface area contributed by atoms with E-state index in [9.17, 15) is 22.8 Å². The van der Waals surface area contributed by atoms with E-state index in [1.807, 2.05) is 13.8 Å². The molecule has 0 unspecified atom stereocenters. The Hall–Kier alpha value is -4.08. The van der Waals surface area contributed by atoms with Crippen molar-refractivity contribution >= 4 is 22.6 Å². The average molecular weight is 484 g/mol. The molecule has 4 aromatic rings. The predicted molar refractivity (Wildman–Crippen MR) is 126 cm³/mol. The Morgan fingerprint density at radius 2 is 1.71 bits per heavy atom. The predicted octanol–water partition coefficient (Wildman–Crippen LogP) is 4.86. The minimum atomic E-state index is -4.77. The van der Waals surface area contributed by atoms with Crippen LogP contribution in [0, 0.1) is 13.8 Å². The van der Waals surface area contributed by atoms with Gasteiger partial charge in [-0.05, 0) is 57.2 Å². The molecule has 10 heteroatoms. The molecule has 2 aromatic heterocycles. The summed E-state index contributed by atoms with van der Waals surface area (Å²) in [6.45, 7) is 5.15. The van der Waals surface area contributed by atoms with Gasteiger partial charge in [0.25, 0.3) is 5.56 Å². The van der Waals surface area contributed by atoms with Crippen LogP contribution >= 0.6 is 0 Å². The summed E-state index contributed by atoms with van der Waals surface area (Å²) in [6, 6.07) is 14.1. The molecule has 0 saturated heterocycles. The number of pyridine rings is 1. The summed E-state index contributed by atoms with van der Waals surface area (Å²) >= 11 is 0. The van der Waals surface area contributed by atoms with Gasteiger partial charge in [-0.25, -0.2) is 4.68 Å². The van der Waals surface area contributed by atoms with Crippen molar-refractivity contribution in [3.63, 3.8) is 0 Å². The van der Waals surface area contributed by atoms with Gasteiger partial charge in [-0.2, -0.15) is 18.3 Å². The van der Waals surface area contributed by atoms with Gasteiger partial charge < -0.3 is 10.1 Å². The van der Waals surface area contributed by atoms with Gasteiger partial charge in [0.05, 0.1) is 28.9 Å². The maximum atomic E-state index is 13.8. The van der Waals surface area contributed by atoms with E-state index < -0.39 is 29.8 Å². The van der Waals surface area contributed by atoms with E-state index in [-0.39, 0.29) is 16.7 Å². The van der Waals surface area contributed by atoms with Crippen LogP contribution in [0.25, 0.3) is 16.7 Å². The van der Waals surface area contributed by atoms with Crippen molar-refractivity contribution in [3.05, 3.63) is 81.8 Å². The van der Waals surface area contributed by atoms with Crippen LogP contribution in [-0.4, -0.2) is 26.9 Å². The highest BCUT2D eigenvalue weighted by molar-refractivity contribution is 5.92. The van der Waals surface area contributed by atoms with Crippen LogP contribution in [0.3, 0.4) is 0 Å². The number of fused-ring (bicyclic) bond motifs is 1. The van der Waals surface area contributed by atoms with Crippen molar-refractivity contribution < 1.29 is 22.7 Å². The Morgan fingerprint density at radius 1 is 1.06 bits per heavy atom. The van der Waals surface area contributed by atoms with Gasteiger partial charge in [0.2, 0.25) is 5.91 Å². The highest BCUT2D eigenvalue weighted by atomic mass is 19.4. The zero-order valence-electron chi connectivity index (χ0n) is 19.3. The minimum absolute atomic E-state index is 0.0913. The van der Waals surface area contributed by atoms with Crippen molar-refractivity contribution in [3.8, 4) is 11.4 Å². The van der Waals surface area contributed by atoms with Crippen LogP contribution in [0.4, 0.5) is 18.9 Å². The second kappa shape index (κ2) is 9.28. The first-order valence-electron chi connectivity index (χ1n) is 10.9. The number of carbonyl (C=O) groups is 1. The highest BCUT2D eigenvalue weighted by Crippen LogP contribution is 2.36.